The Morgan fingerprint density at radius 1 is 1.35 bits per heavy atom. The van der Waals surface area contributed by atoms with Crippen LogP contribution >= 0.6 is 0 Å². The lowest BCUT2D eigenvalue weighted by Gasteiger charge is -2.31. The van der Waals surface area contributed by atoms with Gasteiger partial charge in [-0.15, -0.1) is 0 Å². The molecule has 1 unspecified atom stereocenters. The van der Waals surface area contributed by atoms with Gasteiger partial charge in [0.05, 0.1) is 17.8 Å². The van der Waals surface area contributed by atoms with E-state index >= 15 is 0 Å². The molecular weight excluding hydrogens is 337 g/mol. The number of rotatable bonds is 4. The summed E-state index contributed by atoms with van der Waals surface area (Å²) in [5, 5.41) is 11.7. The van der Waals surface area contributed by atoms with E-state index in [9.17, 15) is 9.18 Å². The molecular formula is C19H18FN3O3. The molecule has 134 valence electrons. The summed E-state index contributed by atoms with van der Waals surface area (Å²) in [7, 11) is 0. The summed E-state index contributed by atoms with van der Waals surface area (Å²) >= 11 is 0. The molecule has 2 aromatic carbocycles. The first-order valence-electron chi connectivity index (χ1n) is 8.24. The third-order valence-corrected chi connectivity index (χ3v) is 4.00. The summed E-state index contributed by atoms with van der Waals surface area (Å²) in [5.74, 6) is 0.796. The number of likely N-dealkylation sites (N-methyl/N-ethyl adjacent to an activating group) is 1. The normalized spacial score (nSPS) is 15.0. The van der Waals surface area contributed by atoms with Gasteiger partial charge in [-0.1, -0.05) is 12.1 Å². The third-order valence-electron chi connectivity index (χ3n) is 4.00. The van der Waals surface area contributed by atoms with Crippen molar-refractivity contribution in [3.63, 3.8) is 0 Å². The van der Waals surface area contributed by atoms with Gasteiger partial charge in [0.15, 0.2) is 17.6 Å². The number of fused-ring (bicyclic) bond motifs is 1. The second kappa shape index (κ2) is 7.74. The number of carbonyl (C=O) groups excluding carboxylic acids is 1. The van der Waals surface area contributed by atoms with E-state index in [4.69, 9.17) is 14.7 Å². The molecule has 2 amide bonds. The molecule has 0 radical (unpaired) electrons. The second-order valence-electron chi connectivity index (χ2n) is 5.77. The SMILES string of the molecule is CCN(CC1COc2ccccc2O1)C(=O)Nc1ccc(F)cc1C#N. The lowest BCUT2D eigenvalue weighted by molar-refractivity contribution is 0.0693. The summed E-state index contributed by atoms with van der Waals surface area (Å²) in [6.07, 6.45) is -0.306. The van der Waals surface area contributed by atoms with E-state index in [2.05, 4.69) is 5.32 Å². The Morgan fingerprint density at radius 2 is 2.12 bits per heavy atom. The number of carbonyl (C=O) groups is 1. The molecule has 0 aliphatic carbocycles. The van der Waals surface area contributed by atoms with Crippen LogP contribution in [0.3, 0.4) is 0 Å². The Hall–Kier alpha value is -3.27. The van der Waals surface area contributed by atoms with Crippen LogP contribution in [0.2, 0.25) is 0 Å². The maximum absolute atomic E-state index is 13.2. The largest absolute Gasteiger partial charge is 0.486 e. The van der Waals surface area contributed by atoms with Gasteiger partial charge in [-0.3, -0.25) is 0 Å². The van der Waals surface area contributed by atoms with Gasteiger partial charge in [-0.05, 0) is 37.3 Å². The monoisotopic (exact) mass is 355 g/mol. The number of nitriles is 1. The lowest BCUT2D eigenvalue weighted by Crippen LogP contribution is -2.45. The van der Waals surface area contributed by atoms with Crippen LogP contribution < -0.4 is 14.8 Å². The first-order chi connectivity index (χ1) is 12.6. The smallest absolute Gasteiger partial charge is 0.322 e. The Morgan fingerprint density at radius 3 is 2.85 bits per heavy atom. The van der Waals surface area contributed by atoms with Crippen molar-refractivity contribution in [2.24, 2.45) is 0 Å². The molecule has 1 aliphatic heterocycles. The van der Waals surface area contributed by atoms with Crippen molar-refractivity contribution in [2.45, 2.75) is 13.0 Å². The molecule has 0 saturated carbocycles. The van der Waals surface area contributed by atoms with Crippen LogP contribution in [0, 0.1) is 17.1 Å². The molecule has 3 rings (SSSR count). The molecule has 26 heavy (non-hydrogen) atoms. The zero-order valence-electron chi connectivity index (χ0n) is 14.2. The number of urea groups is 1. The fourth-order valence-electron chi connectivity index (χ4n) is 2.67. The highest BCUT2D eigenvalue weighted by Crippen LogP contribution is 2.31. The van der Waals surface area contributed by atoms with Gasteiger partial charge in [-0.25, -0.2) is 9.18 Å². The van der Waals surface area contributed by atoms with Crippen molar-refractivity contribution >= 4 is 11.7 Å². The fraction of sp³-hybridized carbons (Fsp3) is 0.263. The van der Waals surface area contributed by atoms with Crippen molar-refractivity contribution in [3.05, 3.63) is 53.8 Å². The van der Waals surface area contributed by atoms with Gasteiger partial charge in [0.1, 0.15) is 18.5 Å². The Labute approximate surface area is 150 Å². The average molecular weight is 355 g/mol. The highest BCUT2D eigenvalue weighted by molar-refractivity contribution is 5.90. The Bertz CT molecular complexity index is 850. The van der Waals surface area contributed by atoms with Crippen LogP contribution in [0.5, 0.6) is 11.5 Å². The van der Waals surface area contributed by atoms with Gasteiger partial charge >= 0.3 is 6.03 Å². The number of halogens is 1. The average Bonchev–Trinajstić information content (AvgIpc) is 2.67. The summed E-state index contributed by atoms with van der Waals surface area (Å²) in [6.45, 7) is 2.93. The van der Waals surface area contributed by atoms with E-state index in [1.54, 1.807) is 4.90 Å². The zero-order chi connectivity index (χ0) is 18.5. The number of nitrogens with one attached hydrogen (secondary N) is 1. The van der Waals surface area contributed by atoms with E-state index in [0.29, 0.717) is 31.2 Å². The zero-order valence-corrected chi connectivity index (χ0v) is 14.2. The molecule has 0 bridgehead atoms. The van der Waals surface area contributed by atoms with Crippen molar-refractivity contribution in [3.8, 4) is 17.6 Å². The molecule has 0 aromatic heterocycles. The predicted octanol–water partition coefficient (Wildman–Crippen LogP) is 3.39. The maximum atomic E-state index is 13.2. The number of amides is 2. The van der Waals surface area contributed by atoms with Gasteiger partial charge in [-0.2, -0.15) is 5.26 Å². The quantitative estimate of drug-likeness (QED) is 0.912. The number of anilines is 1. The fourth-order valence-corrected chi connectivity index (χ4v) is 2.67. The number of nitrogens with zero attached hydrogens (tertiary/aromatic N) is 2. The molecule has 0 saturated heterocycles. The summed E-state index contributed by atoms with van der Waals surface area (Å²) in [4.78, 5) is 14.1. The molecule has 2 aromatic rings. The van der Waals surface area contributed by atoms with Gasteiger partial charge in [0.25, 0.3) is 0 Å². The summed E-state index contributed by atoms with van der Waals surface area (Å²) < 4.78 is 24.8. The van der Waals surface area contributed by atoms with Crippen molar-refractivity contribution < 1.29 is 18.7 Å². The van der Waals surface area contributed by atoms with E-state index in [-0.39, 0.29) is 17.4 Å². The highest BCUT2D eigenvalue weighted by atomic mass is 19.1. The van der Waals surface area contributed by atoms with Crippen LogP contribution in [0.4, 0.5) is 14.9 Å². The standard InChI is InChI=1S/C19H18FN3O3/c1-2-23(11-15-12-25-17-5-3-4-6-18(17)26-15)19(24)22-16-8-7-14(20)9-13(16)10-21/h3-9,15H,2,11-12H2,1H3,(H,22,24). The minimum absolute atomic E-state index is 0.0700. The number of benzene rings is 2. The van der Waals surface area contributed by atoms with Gasteiger partial charge in [0.2, 0.25) is 0 Å². The first-order valence-corrected chi connectivity index (χ1v) is 8.24. The van der Waals surface area contributed by atoms with Gasteiger partial charge < -0.3 is 19.7 Å². The van der Waals surface area contributed by atoms with Gasteiger partial charge in [0, 0.05) is 6.54 Å². The van der Waals surface area contributed by atoms with Crippen molar-refractivity contribution in [1.82, 2.24) is 4.90 Å². The molecule has 0 fully saturated rings. The summed E-state index contributed by atoms with van der Waals surface area (Å²) in [6, 6.07) is 12.5. The number of para-hydroxylation sites is 2. The maximum Gasteiger partial charge on any atom is 0.322 e. The molecule has 1 aliphatic rings. The predicted molar refractivity (Wildman–Crippen MR) is 93.7 cm³/mol. The Balaban J connectivity index is 1.66. The van der Waals surface area contributed by atoms with Crippen LogP contribution in [0.25, 0.3) is 0 Å². The molecule has 1 heterocycles. The van der Waals surface area contributed by atoms with Crippen LogP contribution in [-0.2, 0) is 0 Å². The molecule has 6 nitrogen and oxygen atoms in total. The molecule has 7 heteroatoms. The van der Waals surface area contributed by atoms with E-state index < -0.39 is 11.8 Å². The number of hydrogen-bond donors (Lipinski definition) is 1. The molecule has 0 spiro atoms. The van der Waals surface area contributed by atoms with E-state index in [1.165, 1.54) is 12.1 Å². The second-order valence-corrected chi connectivity index (χ2v) is 5.77. The van der Waals surface area contributed by atoms with E-state index in [0.717, 1.165) is 6.07 Å². The van der Waals surface area contributed by atoms with Crippen LogP contribution in [0.1, 0.15) is 12.5 Å². The highest BCUT2D eigenvalue weighted by Gasteiger charge is 2.25. The topological polar surface area (TPSA) is 74.6 Å². The van der Waals surface area contributed by atoms with Crippen LogP contribution in [-0.4, -0.2) is 36.7 Å². The lowest BCUT2D eigenvalue weighted by atomic mass is 10.2. The third kappa shape index (κ3) is 3.86. The van der Waals surface area contributed by atoms with E-state index in [1.807, 2.05) is 37.3 Å². The van der Waals surface area contributed by atoms with Crippen molar-refractivity contribution in [1.29, 1.82) is 5.26 Å². The Kier molecular flexibility index (Phi) is 5.23. The van der Waals surface area contributed by atoms with Crippen LogP contribution in [0.15, 0.2) is 42.5 Å². The molecule has 1 N–H and O–H groups in total. The minimum atomic E-state index is -0.529. The first kappa shape index (κ1) is 17.5. The molecule has 1 atom stereocenters. The number of hydrogen-bond acceptors (Lipinski definition) is 4. The minimum Gasteiger partial charge on any atom is -0.486 e. The number of ether oxygens (including phenoxy) is 2. The summed E-state index contributed by atoms with van der Waals surface area (Å²) in [5.41, 5.74) is 0.337. The van der Waals surface area contributed by atoms with Crippen molar-refractivity contribution in [2.75, 3.05) is 25.0 Å².